The number of hydrogen-bond donors (Lipinski definition) is 0. The Balaban J connectivity index is 2.74. The van der Waals surface area contributed by atoms with Crippen molar-refractivity contribution in [3.8, 4) is 5.88 Å². The van der Waals surface area contributed by atoms with E-state index in [0.717, 1.165) is 4.73 Å². The smallest absolute Gasteiger partial charge is 0.385 e. The van der Waals surface area contributed by atoms with Crippen LogP contribution >= 0.6 is 0 Å². The molecule has 0 aliphatic carbocycles. The summed E-state index contributed by atoms with van der Waals surface area (Å²) in [5.41, 5.74) is -0.679. The minimum absolute atomic E-state index is 0.247. The molecule has 0 atom stereocenters. The Bertz CT molecular complexity index is 628. The van der Waals surface area contributed by atoms with E-state index in [1.165, 1.54) is 7.11 Å². The molecule has 6 heteroatoms. The first-order valence-electron chi connectivity index (χ1n) is 5.53. The number of nitrogens with zero attached hydrogens (tertiary/aromatic N) is 3. The first-order chi connectivity index (χ1) is 8.42. The number of rotatable bonds is 2. The third-order valence-corrected chi connectivity index (χ3v) is 2.14. The van der Waals surface area contributed by atoms with Crippen LogP contribution in [-0.4, -0.2) is 27.4 Å². The maximum absolute atomic E-state index is 11.9. The molecule has 0 bridgehead atoms. The van der Waals surface area contributed by atoms with E-state index in [9.17, 15) is 4.79 Å². The largest absolute Gasteiger partial charge is 0.480 e. The third-order valence-electron chi connectivity index (χ3n) is 2.14. The summed E-state index contributed by atoms with van der Waals surface area (Å²) in [7, 11) is 1.46. The van der Waals surface area contributed by atoms with Crippen LogP contribution in [0.5, 0.6) is 5.88 Å². The van der Waals surface area contributed by atoms with E-state index < -0.39 is 11.3 Å². The molecule has 6 nitrogen and oxygen atoms in total. The zero-order valence-electron chi connectivity index (χ0n) is 10.8. The van der Waals surface area contributed by atoms with Crippen molar-refractivity contribution in [2.45, 2.75) is 26.4 Å². The molecule has 96 valence electrons. The Morgan fingerprint density at radius 2 is 2.06 bits per heavy atom. The zero-order valence-corrected chi connectivity index (χ0v) is 10.8. The SMILES string of the molecule is COc1nc(=O)n(OC(C)(C)C)c2ncccc12. The fourth-order valence-corrected chi connectivity index (χ4v) is 1.52. The Hall–Kier alpha value is -2.11. The number of ether oxygens (including phenoxy) is 1. The molecule has 0 saturated carbocycles. The fourth-order valence-electron chi connectivity index (χ4n) is 1.52. The molecule has 0 fully saturated rings. The van der Waals surface area contributed by atoms with Crippen LogP contribution in [0, 0.1) is 0 Å². The third kappa shape index (κ3) is 2.27. The highest BCUT2D eigenvalue weighted by Gasteiger charge is 2.18. The van der Waals surface area contributed by atoms with Crippen molar-refractivity contribution in [1.29, 1.82) is 0 Å². The number of fused-ring (bicyclic) bond motifs is 1. The van der Waals surface area contributed by atoms with E-state index in [1.54, 1.807) is 18.3 Å². The molecule has 0 unspecified atom stereocenters. The molecular formula is C12H15N3O3. The molecule has 2 aromatic heterocycles. The van der Waals surface area contributed by atoms with Gasteiger partial charge in [-0.25, -0.2) is 9.78 Å². The normalized spacial score (nSPS) is 11.6. The lowest BCUT2D eigenvalue weighted by Crippen LogP contribution is -2.39. The summed E-state index contributed by atoms with van der Waals surface area (Å²) in [4.78, 5) is 25.4. The van der Waals surface area contributed by atoms with Crippen molar-refractivity contribution in [3.63, 3.8) is 0 Å². The van der Waals surface area contributed by atoms with E-state index in [0.29, 0.717) is 11.0 Å². The maximum atomic E-state index is 11.9. The van der Waals surface area contributed by atoms with Gasteiger partial charge in [-0.3, -0.25) is 0 Å². The van der Waals surface area contributed by atoms with Gasteiger partial charge in [0.05, 0.1) is 12.5 Å². The highest BCUT2D eigenvalue weighted by atomic mass is 16.7. The van der Waals surface area contributed by atoms with Crippen LogP contribution in [0.15, 0.2) is 23.1 Å². The van der Waals surface area contributed by atoms with Gasteiger partial charge in [0.2, 0.25) is 5.88 Å². The van der Waals surface area contributed by atoms with E-state index >= 15 is 0 Å². The Labute approximate surface area is 104 Å². The second-order valence-electron chi connectivity index (χ2n) is 4.78. The standard InChI is InChI=1S/C12H15N3O3/c1-12(2,3)18-15-9-8(6-5-7-13-9)10(17-4)14-11(15)16/h5-7H,1-4H3. The van der Waals surface area contributed by atoms with Crippen LogP contribution in [0.3, 0.4) is 0 Å². The van der Waals surface area contributed by atoms with Crippen LogP contribution in [0.2, 0.25) is 0 Å². The van der Waals surface area contributed by atoms with Gasteiger partial charge >= 0.3 is 5.69 Å². The van der Waals surface area contributed by atoms with Gasteiger partial charge in [-0.05, 0) is 32.9 Å². The topological polar surface area (TPSA) is 66.2 Å². The van der Waals surface area contributed by atoms with Gasteiger partial charge in [-0.1, -0.05) is 0 Å². The fraction of sp³-hybridized carbons (Fsp3) is 0.417. The number of hydrogen-bond acceptors (Lipinski definition) is 5. The Morgan fingerprint density at radius 3 is 2.67 bits per heavy atom. The number of aromatic nitrogens is 3. The summed E-state index contributed by atoms with van der Waals surface area (Å²) in [6, 6.07) is 3.52. The highest BCUT2D eigenvalue weighted by molar-refractivity contribution is 5.79. The summed E-state index contributed by atoms with van der Waals surface area (Å²) >= 11 is 0. The Morgan fingerprint density at radius 1 is 1.33 bits per heavy atom. The van der Waals surface area contributed by atoms with Gasteiger partial charge in [0.25, 0.3) is 0 Å². The molecule has 0 aliphatic heterocycles. The predicted molar refractivity (Wildman–Crippen MR) is 66.7 cm³/mol. The average Bonchev–Trinajstić information content (AvgIpc) is 2.31. The molecule has 0 spiro atoms. The van der Waals surface area contributed by atoms with Crippen molar-refractivity contribution in [2.75, 3.05) is 7.11 Å². The van der Waals surface area contributed by atoms with Crippen LogP contribution < -0.4 is 15.3 Å². The first-order valence-corrected chi connectivity index (χ1v) is 5.53. The Kier molecular flexibility index (Phi) is 2.94. The minimum Gasteiger partial charge on any atom is -0.480 e. The molecule has 18 heavy (non-hydrogen) atoms. The van der Waals surface area contributed by atoms with Gasteiger partial charge in [0.15, 0.2) is 5.65 Å². The lowest BCUT2D eigenvalue weighted by atomic mass is 10.2. The molecule has 2 heterocycles. The molecule has 0 N–H and O–H groups in total. The van der Waals surface area contributed by atoms with Gasteiger partial charge in [-0.2, -0.15) is 4.98 Å². The maximum Gasteiger partial charge on any atom is 0.385 e. The number of pyridine rings is 1. The summed E-state index contributed by atoms with van der Waals surface area (Å²) < 4.78 is 6.17. The van der Waals surface area contributed by atoms with Crippen molar-refractivity contribution in [2.24, 2.45) is 0 Å². The second kappa shape index (κ2) is 4.29. The van der Waals surface area contributed by atoms with Crippen LogP contribution in [0.25, 0.3) is 11.0 Å². The van der Waals surface area contributed by atoms with Crippen molar-refractivity contribution in [3.05, 3.63) is 28.8 Å². The van der Waals surface area contributed by atoms with Crippen LogP contribution in [-0.2, 0) is 0 Å². The lowest BCUT2D eigenvalue weighted by Gasteiger charge is -2.22. The van der Waals surface area contributed by atoms with E-state index in [1.807, 2.05) is 20.8 Å². The summed E-state index contributed by atoms with van der Waals surface area (Å²) in [6.45, 7) is 5.54. The summed E-state index contributed by atoms with van der Waals surface area (Å²) in [5, 5.41) is 0.629. The van der Waals surface area contributed by atoms with E-state index in [-0.39, 0.29) is 5.88 Å². The van der Waals surface area contributed by atoms with Gasteiger partial charge in [0, 0.05) is 6.20 Å². The van der Waals surface area contributed by atoms with Crippen LogP contribution in [0.4, 0.5) is 0 Å². The summed E-state index contributed by atoms with van der Waals surface area (Å²) in [5.74, 6) is 0.247. The predicted octanol–water partition coefficient (Wildman–Crippen LogP) is 1.03. The second-order valence-corrected chi connectivity index (χ2v) is 4.78. The monoisotopic (exact) mass is 249 g/mol. The average molecular weight is 249 g/mol. The first kappa shape index (κ1) is 12.3. The van der Waals surface area contributed by atoms with Gasteiger partial charge < -0.3 is 9.57 Å². The molecule has 0 saturated heterocycles. The molecular weight excluding hydrogens is 234 g/mol. The van der Waals surface area contributed by atoms with Crippen molar-refractivity contribution < 1.29 is 9.57 Å². The van der Waals surface area contributed by atoms with E-state index in [2.05, 4.69) is 9.97 Å². The van der Waals surface area contributed by atoms with E-state index in [4.69, 9.17) is 9.57 Å². The molecule has 0 radical (unpaired) electrons. The zero-order chi connectivity index (χ0) is 13.3. The van der Waals surface area contributed by atoms with Crippen molar-refractivity contribution in [1.82, 2.24) is 14.7 Å². The van der Waals surface area contributed by atoms with Gasteiger partial charge in [0.1, 0.15) is 5.60 Å². The summed E-state index contributed by atoms with van der Waals surface area (Å²) in [6.07, 6.45) is 1.59. The lowest BCUT2D eigenvalue weighted by molar-refractivity contribution is -0.0164. The molecule has 2 aromatic rings. The molecule has 2 rings (SSSR count). The van der Waals surface area contributed by atoms with Gasteiger partial charge in [-0.15, -0.1) is 4.73 Å². The quantitative estimate of drug-likeness (QED) is 0.795. The number of methoxy groups -OCH3 is 1. The molecule has 0 aromatic carbocycles. The minimum atomic E-state index is -0.548. The van der Waals surface area contributed by atoms with Crippen LogP contribution in [0.1, 0.15) is 20.8 Å². The van der Waals surface area contributed by atoms with Crippen molar-refractivity contribution >= 4 is 11.0 Å². The molecule has 0 aliphatic rings. The molecule has 0 amide bonds. The highest BCUT2D eigenvalue weighted by Crippen LogP contribution is 2.19.